The lowest BCUT2D eigenvalue weighted by molar-refractivity contribution is 0.0568. The quantitative estimate of drug-likeness (QED) is 0.833. The van der Waals surface area contributed by atoms with Crippen LogP contribution in [-0.4, -0.2) is 35.2 Å². The Morgan fingerprint density at radius 1 is 1.00 bits per heavy atom. The summed E-state index contributed by atoms with van der Waals surface area (Å²) in [7, 11) is 1.08. The maximum Gasteiger partial charge on any atom is 0.339 e. The van der Waals surface area contributed by atoms with Crippen molar-refractivity contribution in [2.45, 2.75) is 13.8 Å². The fourth-order valence-electron chi connectivity index (χ4n) is 2.52. The molecule has 2 aromatic rings. The number of carbonyl (C=O) groups is 3. The highest BCUT2D eigenvalue weighted by molar-refractivity contribution is 7.13. The van der Waals surface area contributed by atoms with Crippen LogP contribution in [0.5, 0.6) is 0 Å². The smallest absolute Gasteiger partial charge is 0.339 e. The molecular formula is C16H14O6S. The van der Waals surface area contributed by atoms with E-state index in [2.05, 4.69) is 4.74 Å². The lowest BCUT2D eigenvalue weighted by atomic mass is 9.86. The number of hydrogen-bond donors (Lipinski definition) is 2. The Balaban J connectivity index is 3.06. The lowest BCUT2D eigenvalue weighted by Crippen LogP contribution is -2.20. The van der Waals surface area contributed by atoms with Crippen LogP contribution in [0.2, 0.25) is 0 Å². The number of rotatable bonds is 4. The molecule has 0 aliphatic heterocycles. The summed E-state index contributed by atoms with van der Waals surface area (Å²) < 4.78 is 4.62. The van der Waals surface area contributed by atoms with Crippen molar-refractivity contribution in [3.05, 3.63) is 45.3 Å². The summed E-state index contributed by atoms with van der Waals surface area (Å²) in [6.07, 6.45) is 0. The molecule has 0 radical (unpaired) electrons. The number of esters is 1. The van der Waals surface area contributed by atoms with Crippen molar-refractivity contribution in [2.75, 3.05) is 7.11 Å². The van der Waals surface area contributed by atoms with E-state index in [1.54, 1.807) is 31.4 Å². The molecule has 2 N–H and O–H groups in total. The highest BCUT2D eigenvalue weighted by atomic mass is 32.1. The maximum atomic E-state index is 12.1. The summed E-state index contributed by atoms with van der Waals surface area (Å²) in [5, 5.41) is 20.8. The predicted molar refractivity (Wildman–Crippen MR) is 84.5 cm³/mol. The Hall–Kier alpha value is -2.67. The molecular weight excluding hydrogens is 320 g/mol. The summed E-state index contributed by atoms with van der Waals surface area (Å²) >= 11 is 1.31. The summed E-state index contributed by atoms with van der Waals surface area (Å²) in [5.74, 6) is -3.73. The number of methoxy groups -OCH3 is 1. The van der Waals surface area contributed by atoms with Gasteiger partial charge in [0.2, 0.25) is 0 Å². The second-order valence-corrected chi connectivity index (χ2v) is 5.78. The van der Waals surface area contributed by atoms with Crippen LogP contribution in [0.15, 0.2) is 17.5 Å². The Labute approximate surface area is 136 Å². The first-order valence-electron chi connectivity index (χ1n) is 6.57. The molecule has 1 aromatic heterocycles. The molecule has 6 nitrogen and oxygen atoms in total. The van der Waals surface area contributed by atoms with Crippen molar-refractivity contribution in [3.63, 3.8) is 0 Å². The van der Waals surface area contributed by atoms with Crippen molar-refractivity contribution in [1.82, 2.24) is 0 Å². The monoisotopic (exact) mass is 334 g/mol. The van der Waals surface area contributed by atoms with E-state index in [4.69, 9.17) is 0 Å². The molecule has 0 fully saturated rings. The van der Waals surface area contributed by atoms with E-state index in [0.717, 1.165) is 7.11 Å². The predicted octanol–water partition coefficient (Wildman–Crippen LogP) is 3.21. The van der Waals surface area contributed by atoms with Gasteiger partial charge in [0.25, 0.3) is 0 Å². The number of ether oxygens (including phenoxy) is 1. The number of benzene rings is 1. The Morgan fingerprint density at radius 2 is 1.61 bits per heavy atom. The Bertz CT molecular complexity index is 805. The second-order valence-electron chi connectivity index (χ2n) is 4.83. The van der Waals surface area contributed by atoms with Crippen LogP contribution in [-0.2, 0) is 4.74 Å². The van der Waals surface area contributed by atoms with E-state index in [1.165, 1.54) is 11.3 Å². The first-order valence-corrected chi connectivity index (χ1v) is 7.45. The minimum Gasteiger partial charge on any atom is -0.478 e. The minimum atomic E-state index is -1.38. The van der Waals surface area contributed by atoms with Gasteiger partial charge in [-0.3, -0.25) is 0 Å². The fraction of sp³-hybridized carbons (Fsp3) is 0.188. The Kier molecular flexibility index (Phi) is 4.51. The van der Waals surface area contributed by atoms with E-state index in [-0.39, 0.29) is 11.1 Å². The van der Waals surface area contributed by atoms with Crippen molar-refractivity contribution in [1.29, 1.82) is 0 Å². The number of carbonyl (C=O) groups excluding carboxylic acids is 1. The number of aromatic carboxylic acids is 2. The van der Waals surface area contributed by atoms with Crippen molar-refractivity contribution in [2.24, 2.45) is 0 Å². The molecule has 0 unspecified atom stereocenters. The van der Waals surface area contributed by atoms with Gasteiger partial charge in [0, 0.05) is 10.4 Å². The van der Waals surface area contributed by atoms with E-state index in [0.29, 0.717) is 21.6 Å². The number of thiophene rings is 1. The summed E-state index contributed by atoms with van der Waals surface area (Å²) in [5.41, 5.74) is 0.0717. The summed E-state index contributed by atoms with van der Waals surface area (Å²) in [6, 6.07) is 3.48. The summed E-state index contributed by atoms with van der Waals surface area (Å²) in [4.78, 5) is 36.1. The van der Waals surface area contributed by atoms with Crippen molar-refractivity contribution >= 4 is 29.2 Å². The van der Waals surface area contributed by atoms with Crippen LogP contribution in [0, 0.1) is 13.8 Å². The SMILES string of the molecule is COC(=O)c1c(C(=O)O)c(C)c(C)c(-c2cccs2)c1C(=O)O. The van der Waals surface area contributed by atoms with Gasteiger partial charge in [-0.2, -0.15) is 0 Å². The zero-order valence-corrected chi connectivity index (χ0v) is 13.5. The van der Waals surface area contributed by atoms with Crippen LogP contribution in [0.25, 0.3) is 10.4 Å². The van der Waals surface area contributed by atoms with Gasteiger partial charge in [0.15, 0.2) is 0 Å². The van der Waals surface area contributed by atoms with Crippen LogP contribution in [0.1, 0.15) is 42.2 Å². The highest BCUT2D eigenvalue weighted by Crippen LogP contribution is 2.37. The molecule has 0 bridgehead atoms. The molecule has 1 heterocycles. The number of carboxylic acids is 2. The van der Waals surface area contributed by atoms with Gasteiger partial charge in [-0.15, -0.1) is 11.3 Å². The summed E-state index contributed by atoms with van der Waals surface area (Å²) in [6.45, 7) is 3.19. The average molecular weight is 334 g/mol. The lowest BCUT2D eigenvalue weighted by Gasteiger charge is -2.18. The number of hydrogen-bond acceptors (Lipinski definition) is 5. The third-order valence-electron chi connectivity index (χ3n) is 3.65. The third kappa shape index (κ3) is 2.70. The fourth-order valence-corrected chi connectivity index (χ4v) is 3.35. The normalized spacial score (nSPS) is 10.4. The van der Waals surface area contributed by atoms with Crippen molar-refractivity contribution < 1.29 is 29.3 Å². The van der Waals surface area contributed by atoms with Gasteiger partial charge in [0.1, 0.15) is 0 Å². The molecule has 23 heavy (non-hydrogen) atoms. The molecule has 0 spiro atoms. The molecule has 0 atom stereocenters. The van der Waals surface area contributed by atoms with Gasteiger partial charge in [-0.05, 0) is 36.4 Å². The zero-order valence-electron chi connectivity index (χ0n) is 12.7. The third-order valence-corrected chi connectivity index (χ3v) is 4.53. The van der Waals surface area contributed by atoms with Gasteiger partial charge in [-0.25, -0.2) is 14.4 Å². The van der Waals surface area contributed by atoms with Crippen molar-refractivity contribution in [3.8, 4) is 10.4 Å². The van der Waals surface area contributed by atoms with Gasteiger partial charge in [0.05, 0.1) is 23.8 Å². The molecule has 120 valence electrons. The van der Waals surface area contributed by atoms with Crippen LogP contribution in [0.4, 0.5) is 0 Å². The van der Waals surface area contributed by atoms with E-state index < -0.39 is 23.5 Å². The number of carboxylic acid groups (broad SMARTS) is 2. The standard InChI is InChI=1S/C16H14O6S/c1-7-8(2)11(14(17)18)13(16(21)22-3)12(15(19)20)10(7)9-5-4-6-23-9/h4-6H,1-3H3,(H,17,18)(H,19,20). The molecule has 2 rings (SSSR count). The molecule has 0 saturated heterocycles. The highest BCUT2D eigenvalue weighted by Gasteiger charge is 2.32. The first kappa shape index (κ1) is 16.7. The van der Waals surface area contributed by atoms with Gasteiger partial charge < -0.3 is 14.9 Å². The Morgan fingerprint density at radius 3 is 2.04 bits per heavy atom. The molecule has 0 aliphatic rings. The van der Waals surface area contributed by atoms with Crippen LogP contribution >= 0.6 is 11.3 Å². The average Bonchev–Trinajstić information content (AvgIpc) is 3.01. The van der Waals surface area contributed by atoms with E-state index in [1.807, 2.05) is 0 Å². The maximum absolute atomic E-state index is 12.1. The van der Waals surface area contributed by atoms with Crippen LogP contribution in [0.3, 0.4) is 0 Å². The van der Waals surface area contributed by atoms with Gasteiger partial charge >= 0.3 is 17.9 Å². The molecule has 1 aromatic carbocycles. The van der Waals surface area contributed by atoms with E-state index >= 15 is 0 Å². The largest absolute Gasteiger partial charge is 0.478 e. The topological polar surface area (TPSA) is 101 Å². The van der Waals surface area contributed by atoms with E-state index in [9.17, 15) is 24.6 Å². The molecule has 0 aliphatic carbocycles. The molecule has 7 heteroatoms. The second kappa shape index (κ2) is 6.21. The van der Waals surface area contributed by atoms with Crippen LogP contribution < -0.4 is 0 Å². The zero-order chi connectivity index (χ0) is 17.3. The first-order chi connectivity index (χ1) is 10.8. The molecule has 0 amide bonds. The minimum absolute atomic E-state index is 0.339. The molecule has 0 saturated carbocycles. The van der Waals surface area contributed by atoms with Gasteiger partial charge in [-0.1, -0.05) is 6.07 Å².